The molecule has 1 atom stereocenters. The van der Waals surface area contributed by atoms with Gasteiger partial charge in [0.05, 0.1) is 11.9 Å². The van der Waals surface area contributed by atoms with Crippen LogP contribution in [-0.4, -0.2) is 47.2 Å². The molecule has 4 rings (SSSR count). The quantitative estimate of drug-likeness (QED) is 0.763. The minimum atomic E-state index is -0.426. The van der Waals surface area contributed by atoms with E-state index in [1.165, 1.54) is 5.39 Å². The molecule has 7 heteroatoms. The van der Waals surface area contributed by atoms with Crippen LogP contribution >= 0.6 is 11.8 Å². The van der Waals surface area contributed by atoms with E-state index in [9.17, 15) is 9.59 Å². The van der Waals surface area contributed by atoms with E-state index in [4.69, 9.17) is 10.5 Å². The van der Waals surface area contributed by atoms with E-state index in [2.05, 4.69) is 17.4 Å². The second kappa shape index (κ2) is 9.71. The normalized spacial score (nSPS) is 22.6. The maximum Gasteiger partial charge on any atom is 0.407 e. The lowest BCUT2D eigenvalue weighted by Crippen LogP contribution is -2.49. The van der Waals surface area contributed by atoms with Gasteiger partial charge in [0.2, 0.25) is 5.91 Å². The third-order valence-corrected chi connectivity index (χ3v) is 7.10. The van der Waals surface area contributed by atoms with Gasteiger partial charge >= 0.3 is 6.09 Å². The molecule has 0 radical (unpaired) electrons. The van der Waals surface area contributed by atoms with Gasteiger partial charge in [-0.2, -0.15) is 0 Å². The standard InChI is InChI=1S/C23H29N3O3S/c24-21(22(27)26-11-12-30-15-26)18-7-9-20(10-8-18)25-23(28)29-14-16-5-6-17-3-1-2-4-19(17)13-16/h1-6,13,18,20-21H,7-12,14-15,24H2,(H,25,28)/t18?,20?,21-/m0/s1. The fraction of sp³-hybridized carbons (Fsp3) is 0.478. The van der Waals surface area contributed by atoms with Gasteiger partial charge in [0.25, 0.3) is 0 Å². The van der Waals surface area contributed by atoms with E-state index >= 15 is 0 Å². The first-order chi connectivity index (χ1) is 14.6. The number of amides is 2. The number of nitrogens with two attached hydrogens (primary N) is 1. The molecule has 0 bridgehead atoms. The molecule has 2 aromatic carbocycles. The summed E-state index contributed by atoms with van der Waals surface area (Å²) in [6, 6.07) is 13.8. The minimum absolute atomic E-state index is 0.0752. The van der Waals surface area contributed by atoms with Gasteiger partial charge in [-0.1, -0.05) is 36.4 Å². The SMILES string of the molecule is N[C@H](C(=O)N1CCSC1)C1CCC(NC(=O)OCc2ccc3ccccc3c2)CC1. The summed E-state index contributed by atoms with van der Waals surface area (Å²) in [6.07, 6.45) is 2.96. The number of hydrogen-bond acceptors (Lipinski definition) is 5. The van der Waals surface area contributed by atoms with E-state index in [0.717, 1.165) is 54.8 Å². The Morgan fingerprint density at radius 2 is 1.90 bits per heavy atom. The van der Waals surface area contributed by atoms with Gasteiger partial charge in [0.15, 0.2) is 0 Å². The van der Waals surface area contributed by atoms with E-state index in [-0.39, 0.29) is 30.6 Å². The molecule has 1 saturated heterocycles. The predicted octanol–water partition coefficient (Wildman–Crippen LogP) is 3.49. The fourth-order valence-electron chi connectivity index (χ4n) is 4.31. The van der Waals surface area contributed by atoms with Gasteiger partial charge in [-0.15, -0.1) is 11.8 Å². The van der Waals surface area contributed by atoms with Crippen molar-refractivity contribution in [2.45, 2.75) is 44.4 Å². The molecule has 0 spiro atoms. The zero-order chi connectivity index (χ0) is 20.9. The van der Waals surface area contributed by atoms with Crippen molar-refractivity contribution in [1.82, 2.24) is 10.2 Å². The van der Waals surface area contributed by atoms with Crippen LogP contribution < -0.4 is 11.1 Å². The maximum atomic E-state index is 12.5. The molecule has 0 unspecified atom stereocenters. The highest BCUT2D eigenvalue weighted by Gasteiger charge is 2.33. The van der Waals surface area contributed by atoms with Crippen molar-refractivity contribution < 1.29 is 14.3 Å². The predicted molar refractivity (Wildman–Crippen MR) is 120 cm³/mol. The third-order valence-electron chi connectivity index (χ3n) is 6.13. The molecule has 3 N–H and O–H groups in total. The second-order valence-corrected chi connectivity index (χ2v) is 9.25. The van der Waals surface area contributed by atoms with Crippen LogP contribution in [0.15, 0.2) is 42.5 Å². The van der Waals surface area contributed by atoms with E-state index in [0.29, 0.717) is 0 Å². The number of rotatable bonds is 5. The van der Waals surface area contributed by atoms with Crippen molar-refractivity contribution >= 4 is 34.5 Å². The van der Waals surface area contributed by atoms with Crippen molar-refractivity contribution in [1.29, 1.82) is 0 Å². The highest BCUT2D eigenvalue weighted by Crippen LogP contribution is 2.28. The monoisotopic (exact) mass is 427 g/mol. The van der Waals surface area contributed by atoms with Crippen molar-refractivity contribution in [3.8, 4) is 0 Å². The molecular formula is C23H29N3O3S. The molecule has 2 amide bonds. The summed E-state index contributed by atoms with van der Waals surface area (Å²) in [6.45, 7) is 1.05. The van der Waals surface area contributed by atoms with Crippen LogP contribution in [0.3, 0.4) is 0 Å². The van der Waals surface area contributed by atoms with Gasteiger partial charge in [0, 0.05) is 18.3 Å². The highest BCUT2D eigenvalue weighted by atomic mass is 32.2. The smallest absolute Gasteiger partial charge is 0.407 e. The summed E-state index contributed by atoms with van der Waals surface area (Å²) in [5.41, 5.74) is 7.23. The van der Waals surface area contributed by atoms with Crippen molar-refractivity contribution in [3.05, 3.63) is 48.0 Å². The van der Waals surface area contributed by atoms with Gasteiger partial charge in [-0.3, -0.25) is 4.79 Å². The largest absolute Gasteiger partial charge is 0.445 e. The molecule has 1 aliphatic heterocycles. The van der Waals surface area contributed by atoms with E-state index in [1.54, 1.807) is 11.8 Å². The van der Waals surface area contributed by atoms with Crippen molar-refractivity contribution in [2.75, 3.05) is 18.2 Å². The highest BCUT2D eigenvalue weighted by molar-refractivity contribution is 7.99. The number of ether oxygens (including phenoxy) is 1. The molecular weight excluding hydrogens is 398 g/mol. The molecule has 1 saturated carbocycles. The Balaban J connectivity index is 1.20. The summed E-state index contributed by atoms with van der Waals surface area (Å²) in [5.74, 6) is 2.02. The number of nitrogens with one attached hydrogen (secondary N) is 1. The number of nitrogens with zero attached hydrogens (tertiary/aromatic N) is 1. The fourth-order valence-corrected chi connectivity index (χ4v) is 5.26. The van der Waals surface area contributed by atoms with E-state index < -0.39 is 6.04 Å². The van der Waals surface area contributed by atoms with Gasteiger partial charge < -0.3 is 20.7 Å². The zero-order valence-electron chi connectivity index (χ0n) is 17.1. The Kier molecular flexibility index (Phi) is 6.79. The summed E-state index contributed by atoms with van der Waals surface area (Å²) >= 11 is 1.77. The summed E-state index contributed by atoms with van der Waals surface area (Å²) in [4.78, 5) is 26.6. The Morgan fingerprint density at radius 3 is 2.63 bits per heavy atom. The molecule has 2 aliphatic rings. The van der Waals surface area contributed by atoms with Gasteiger partial charge in [-0.25, -0.2) is 4.79 Å². The van der Waals surface area contributed by atoms with Crippen LogP contribution in [0.4, 0.5) is 4.79 Å². The summed E-state index contributed by atoms with van der Waals surface area (Å²) in [7, 11) is 0. The van der Waals surface area contributed by atoms with Crippen molar-refractivity contribution in [2.24, 2.45) is 11.7 Å². The summed E-state index contributed by atoms with van der Waals surface area (Å²) in [5, 5.41) is 5.27. The molecule has 30 heavy (non-hydrogen) atoms. The molecule has 160 valence electrons. The van der Waals surface area contributed by atoms with Gasteiger partial charge in [0.1, 0.15) is 6.61 Å². The van der Waals surface area contributed by atoms with Crippen LogP contribution in [0.5, 0.6) is 0 Å². The first-order valence-corrected chi connectivity index (χ1v) is 11.8. The van der Waals surface area contributed by atoms with Crippen LogP contribution in [0.25, 0.3) is 10.8 Å². The summed E-state index contributed by atoms with van der Waals surface area (Å²) < 4.78 is 5.42. The molecule has 1 heterocycles. The number of carbonyl (C=O) groups is 2. The number of benzene rings is 2. The topological polar surface area (TPSA) is 84.7 Å². The number of alkyl carbamates (subject to hydrolysis) is 1. The Labute approximate surface area is 181 Å². The van der Waals surface area contributed by atoms with Crippen LogP contribution in [0.1, 0.15) is 31.2 Å². The second-order valence-electron chi connectivity index (χ2n) is 8.18. The lowest BCUT2D eigenvalue weighted by Gasteiger charge is -2.33. The van der Waals surface area contributed by atoms with Crippen molar-refractivity contribution in [3.63, 3.8) is 0 Å². The Bertz CT molecular complexity index is 892. The van der Waals surface area contributed by atoms with Crippen LogP contribution in [0, 0.1) is 5.92 Å². The minimum Gasteiger partial charge on any atom is -0.445 e. The first kappa shape index (κ1) is 21.0. The average Bonchev–Trinajstić information content (AvgIpc) is 3.32. The molecule has 0 aromatic heterocycles. The first-order valence-electron chi connectivity index (χ1n) is 10.6. The lowest BCUT2D eigenvalue weighted by molar-refractivity contribution is -0.132. The molecule has 6 nitrogen and oxygen atoms in total. The van der Waals surface area contributed by atoms with E-state index in [1.807, 2.05) is 35.2 Å². The number of carbonyl (C=O) groups excluding carboxylic acids is 2. The van der Waals surface area contributed by atoms with Gasteiger partial charge in [-0.05, 0) is 54.0 Å². The lowest BCUT2D eigenvalue weighted by atomic mass is 9.81. The molecule has 2 fully saturated rings. The average molecular weight is 428 g/mol. The Hall–Kier alpha value is -2.25. The van der Waals surface area contributed by atoms with Crippen LogP contribution in [0.2, 0.25) is 0 Å². The third kappa shape index (κ3) is 5.08. The zero-order valence-corrected chi connectivity index (χ0v) is 17.9. The van der Waals surface area contributed by atoms with Crippen LogP contribution in [-0.2, 0) is 16.1 Å². The number of thioether (sulfide) groups is 1. The Morgan fingerprint density at radius 1 is 1.13 bits per heavy atom. The maximum absolute atomic E-state index is 12.5. The number of hydrogen-bond donors (Lipinski definition) is 2. The molecule has 1 aliphatic carbocycles. The molecule has 2 aromatic rings. The number of fused-ring (bicyclic) bond motifs is 1.